The van der Waals surface area contributed by atoms with Crippen LogP contribution < -0.4 is 11.3 Å². The van der Waals surface area contributed by atoms with E-state index in [4.69, 9.17) is 5.84 Å². The fourth-order valence-corrected chi connectivity index (χ4v) is 3.14. The molecule has 0 rings (SSSR count). The molecule has 0 aliphatic carbocycles. The molecule has 0 fully saturated rings. The first kappa shape index (κ1) is 17.8. The predicted octanol–water partition coefficient (Wildman–Crippen LogP) is 0.764. The summed E-state index contributed by atoms with van der Waals surface area (Å²) in [5.74, 6) is 5.85. The Balaban J connectivity index is 4.56. The molecule has 6 heteroatoms. The van der Waals surface area contributed by atoms with E-state index in [1.807, 2.05) is 0 Å². The van der Waals surface area contributed by atoms with Crippen LogP contribution in [0.15, 0.2) is 0 Å². The Morgan fingerprint density at radius 1 is 1.28 bits per heavy atom. The summed E-state index contributed by atoms with van der Waals surface area (Å²) in [6.07, 6.45) is 2.67. The lowest BCUT2D eigenvalue weighted by atomic mass is 9.89. The Bertz CT molecular complexity index is 324. The average Bonchev–Trinajstić information content (AvgIpc) is 2.23. The second kappa shape index (κ2) is 7.43. The Hall–Kier alpha value is -0.170. The van der Waals surface area contributed by atoms with Crippen LogP contribution in [-0.4, -0.2) is 50.0 Å². The van der Waals surface area contributed by atoms with Gasteiger partial charge in [0.15, 0.2) is 0 Å². The molecule has 0 aliphatic rings. The molecule has 0 aromatic carbocycles. The van der Waals surface area contributed by atoms with Crippen LogP contribution in [-0.2, 0) is 9.84 Å². The number of likely N-dealkylation sites (N-methyl/N-ethyl adjacent to an activating group) is 1. The van der Waals surface area contributed by atoms with Gasteiger partial charge in [-0.2, -0.15) is 0 Å². The number of nitrogens with zero attached hydrogens (tertiary/aromatic N) is 1. The molecule has 110 valence electrons. The Kier molecular flexibility index (Phi) is 7.36. The first-order valence-corrected chi connectivity index (χ1v) is 8.64. The van der Waals surface area contributed by atoms with E-state index in [1.165, 1.54) is 6.26 Å². The third kappa shape index (κ3) is 5.65. The maximum atomic E-state index is 11.1. The third-order valence-electron chi connectivity index (χ3n) is 3.64. The summed E-state index contributed by atoms with van der Waals surface area (Å²) in [4.78, 5) is 2.33. The Morgan fingerprint density at radius 3 is 2.11 bits per heavy atom. The van der Waals surface area contributed by atoms with Gasteiger partial charge in [-0.1, -0.05) is 13.8 Å². The lowest BCUT2D eigenvalue weighted by molar-refractivity contribution is 0.0873. The van der Waals surface area contributed by atoms with Crippen LogP contribution in [0, 0.1) is 0 Å². The zero-order valence-electron chi connectivity index (χ0n) is 12.4. The Labute approximate surface area is 112 Å². The molecule has 5 nitrogen and oxygen atoms in total. The molecular weight excluding hydrogens is 250 g/mol. The van der Waals surface area contributed by atoms with Crippen LogP contribution in [0.25, 0.3) is 0 Å². The maximum absolute atomic E-state index is 11.1. The van der Waals surface area contributed by atoms with Crippen LogP contribution in [0.4, 0.5) is 0 Å². The van der Waals surface area contributed by atoms with Crippen molar-refractivity contribution in [2.45, 2.75) is 52.1 Å². The van der Waals surface area contributed by atoms with Crippen molar-refractivity contribution >= 4 is 9.84 Å². The highest BCUT2D eigenvalue weighted by atomic mass is 32.2. The summed E-state index contributed by atoms with van der Waals surface area (Å²) in [5.41, 5.74) is 2.75. The van der Waals surface area contributed by atoms with E-state index in [0.717, 1.165) is 19.5 Å². The van der Waals surface area contributed by atoms with Crippen molar-refractivity contribution in [1.29, 1.82) is 0 Å². The largest absolute Gasteiger partial charge is 0.297 e. The number of hydrazine groups is 1. The standard InChI is InChI=1S/C12H29N3O2S/c1-6-15(7-2)12(3,4)11(14-13)9-8-10-18(5,16)17/h11,14H,6-10,13H2,1-5H3. The van der Waals surface area contributed by atoms with E-state index in [1.54, 1.807) is 0 Å². The Morgan fingerprint density at radius 2 is 1.78 bits per heavy atom. The van der Waals surface area contributed by atoms with Gasteiger partial charge >= 0.3 is 0 Å². The minimum atomic E-state index is -2.89. The van der Waals surface area contributed by atoms with Crippen molar-refractivity contribution in [3.8, 4) is 0 Å². The van der Waals surface area contributed by atoms with Gasteiger partial charge in [0, 0.05) is 23.6 Å². The summed E-state index contributed by atoms with van der Waals surface area (Å²) >= 11 is 0. The fourth-order valence-electron chi connectivity index (χ4n) is 2.45. The van der Waals surface area contributed by atoms with Gasteiger partial charge in [-0.15, -0.1) is 0 Å². The number of hydrogen-bond acceptors (Lipinski definition) is 5. The summed E-state index contributed by atoms with van der Waals surface area (Å²) in [6.45, 7) is 10.4. The van der Waals surface area contributed by atoms with Crippen molar-refractivity contribution in [1.82, 2.24) is 10.3 Å². The molecule has 0 aromatic heterocycles. The van der Waals surface area contributed by atoms with Crippen LogP contribution in [0.2, 0.25) is 0 Å². The van der Waals surface area contributed by atoms with E-state index >= 15 is 0 Å². The smallest absolute Gasteiger partial charge is 0.147 e. The topological polar surface area (TPSA) is 75.4 Å². The van der Waals surface area contributed by atoms with Crippen molar-refractivity contribution in [2.24, 2.45) is 5.84 Å². The maximum Gasteiger partial charge on any atom is 0.147 e. The minimum Gasteiger partial charge on any atom is -0.297 e. The van der Waals surface area contributed by atoms with Gasteiger partial charge in [0.1, 0.15) is 9.84 Å². The van der Waals surface area contributed by atoms with E-state index < -0.39 is 9.84 Å². The molecule has 1 unspecified atom stereocenters. The summed E-state index contributed by atoms with van der Waals surface area (Å²) < 4.78 is 22.3. The normalized spacial score (nSPS) is 15.1. The molecule has 0 radical (unpaired) electrons. The number of sulfone groups is 1. The number of nitrogens with one attached hydrogen (secondary N) is 1. The molecule has 0 saturated heterocycles. The zero-order chi connectivity index (χ0) is 14.4. The second-order valence-corrected chi connectivity index (χ2v) is 7.58. The van der Waals surface area contributed by atoms with Gasteiger partial charge in [-0.25, -0.2) is 8.42 Å². The first-order valence-electron chi connectivity index (χ1n) is 6.57. The minimum absolute atomic E-state index is 0.0825. The molecule has 3 N–H and O–H groups in total. The van der Waals surface area contributed by atoms with Crippen molar-refractivity contribution in [3.05, 3.63) is 0 Å². The molecule has 0 heterocycles. The number of rotatable bonds is 9. The molecule has 0 spiro atoms. The molecule has 0 aliphatic heterocycles. The van der Waals surface area contributed by atoms with Gasteiger partial charge in [-0.05, 0) is 39.8 Å². The van der Waals surface area contributed by atoms with Crippen molar-refractivity contribution < 1.29 is 8.42 Å². The highest BCUT2D eigenvalue weighted by Crippen LogP contribution is 2.21. The van der Waals surface area contributed by atoms with Crippen molar-refractivity contribution in [2.75, 3.05) is 25.1 Å². The molecule has 1 atom stereocenters. The average molecular weight is 279 g/mol. The highest BCUT2D eigenvalue weighted by Gasteiger charge is 2.32. The van der Waals surface area contributed by atoms with E-state index in [2.05, 4.69) is 38.0 Å². The summed E-state index contributed by atoms with van der Waals surface area (Å²) in [6, 6.07) is 0.0825. The molecule has 18 heavy (non-hydrogen) atoms. The van der Waals surface area contributed by atoms with E-state index in [0.29, 0.717) is 6.42 Å². The first-order chi connectivity index (χ1) is 8.19. The van der Waals surface area contributed by atoms with Crippen LogP contribution in [0.1, 0.15) is 40.5 Å². The molecular formula is C12H29N3O2S. The summed E-state index contributed by atoms with van der Waals surface area (Å²) in [5, 5.41) is 0. The van der Waals surface area contributed by atoms with Crippen molar-refractivity contribution in [3.63, 3.8) is 0 Å². The lowest BCUT2D eigenvalue weighted by Gasteiger charge is -2.43. The van der Waals surface area contributed by atoms with Crippen LogP contribution >= 0.6 is 0 Å². The second-order valence-electron chi connectivity index (χ2n) is 5.32. The van der Waals surface area contributed by atoms with Gasteiger partial charge in [0.25, 0.3) is 0 Å². The highest BCUT2D eigenvalue weighted by molar-refractivity contribution is 7.90. The SMILES string of the molecule is CCN(CC)C(C)(C)C(CCCS(C)(=O)=O)NN. The quantitative estimate of drug-likeness (QED) is 0.481. The third-order valence-corrected chi connectivity index (χ3v) is 4.67. The summed E-state index contributed by atoms with van der Waals surface area (Å²) in [7, 11) is -2.89. The monoisotopic (exact) mass is 279 g/mol. The molecule has 0 saturated carbocycles. The lowest BCUT2D eigenvalue weighted by Crippen LogP contribution is -2.59. The van der Waals surface area contributed by atoms with E-state index in [-0.39, 0.29) is 17.3 Å². The van der Waals surface area contributed by atoms with Gasteiger partial charge < -0.3 is 0 Å². The number of hydrogen-bond donors (Lipinski definition) is 2. The van der Waals surface area contributed by atoms with Gasteiger partial charge in [-0.3, -0.25) is 16.2 Å². The predicted molar refractivity (Wildman–Crippen MR) is 77.1 cm³/mol. The van der Waals surface area contributed by atoms with Crippen LogP contribution in [0.3, 0.4) is 0 Å². The number of nitrogens with two attached hydrogens (primary N) is 1. The zero-order valence-corrected chi connectivity index (χ0v) is 13.2. The molecule has 0 aromatic rings. The molecule has 0 amide bonds. The fraction of sp³-hybridized carbons (Fsp3) is 1.00. The molecule has 0 bridgehead atoms. The van der Waals surface area contributed by atoms with Gasteiger partial charge in [0.2, 0.25) is 0 Å². The van der Waals surface area contributed by atoms with Gasteiger partial charge in [0.05, 0.1) is 0 Å². The van der Waals surface area contributed by atoms with E-state index in [9.17, 15) is 8.42 Å². The van der Waals surface area contributed by atoms with Crippen LogP contribution in [0.5, 0.6) is 0 Å².